The monoisotopic (exact) mass is 294 g/mol. The summed E-state index contributed by atoms with van der Waals surface area (Å²) in [5.41, 5.74) is 2.82. The van der Waals surface area contributed by atoms with Gasteiger partial charge >= 0.3 is 0 Å². The summed E-state index contributed by atoms with van der Waals surface area (Å²) in [7, 11) is 0. The molecule has 0 bridgehead atoms. The molecule has 0 spiro atoms. The molecule has 1 radical (unpaired) electrons. The predicted molar refractivity (Wildman–Crippen MR) is 95.8 cm³/mol. The second-order valence-corrected chi connectivity index (χ2v) is 5.81. The number of nitrogens with one attached hydrogen (secondary N) is 1. The minimum atomic E-state index is 0.387. The van der Waals surface area contributed by atoms with Crippen molar-refractivity contribution in [2.75, 3.05) is 6.54 Å². The third kappa shape index (κ3) is 6.03. The second-order valence-electron chi connectivity index (χ2n) is 5.81. The lowest BCUT2D eigenvalue weighted by molar-refractivity contribution is 0.543. The van der Waals surface area contributed by atoms with Crippen LogP contribution in [0, 0.1) is 6.42 Å². The summed E-state index contributed by atoms with van der Waals surface area (Å²) in [6.07, 6.45) is 8.42. The molecule has 117 valence electrons. The molecular weight excluding hydrogens is 266 g/mol. The van der Waals surface area contributed by atoms with Crippen molar-refractivity contribution in [2.45, 2.75) is 45.1 Å². The van der Waals surface area contributed by atoms with E-state index < -0.39 is 0 Å². The molecule has 0 aliphatic rings. The van der Waals surface area contributed by atoms with Crippen molar-refractivity contribution in [3.8, 4) is 0 Å². The third-order valence-electron chi connectivity index (χ3n) is 3.95. The maximum atomic E-state index is 3.70. The molecule has 0 amide bonds. The van der Waals surface area contributed by atoms with Gasteiger partial charge in [0.1, 0.15) is 0 Å². The van der Waals surface area contributed by atoms with Crippen LogP contribution in [0.3, 0.4) is 0 Å². The molecule has 1 N–H and O–H groups in total. The fourth-order valence-corrected chi connectivity index (χ4v) is 2.69. The molecule has 2 aromatic rings. The molecule has 2 aromatic carbocycles. The van der Waals surface area contributed by atoms with E-state index in [2.05, 4.69) is 79.3 Å². The van der Waals surface area contributed by atoms with E-state index in [4.69, 9.17) is 0 Å². The Kier molecular flexibility index (Phi) is 7.76. The molecule has 1 atom stereocenters. The molecule has 0 saturated carbocycles. The van der Waals surface area contributed by atoms with E-state index >= 15 is 0 Å². The van der Waals surface area contributed by atoms with Gasteiger partial charge in [0, 0.05) is 6.04 Å². The molecule has 1 heteroatoms. The van der Waals surface area contributed by atoms with Gasteiger partial charge in [0.05, 0.1) is 0 Å². The van der Waals surface area contributed by atoms with Gasteiger partial charge in [-0.1, -0.05) is 74.0 Å². The molecule has 2 rings (SSSR count). The SMILES string of the molecule is CCC[CH]C(NCCCCc1ccccc1)c1ccccc1. The maximum Gasteiger partial charge on any atom is 0.0352 e. The zero-order chi connectivity index (χ0) is 15.5. The lowest BCUT2D eigenvalue weighted by Crippen LogP contribution is -2.23. The van der Waals surface area contributed by atoms with E-state index in [1.807, 2.05) is 0 Å². The van der Waals surface area contributed by atoms with E-state index in [0.29, 0.717) is 6.04 Å². The largest absolute Gasteiger partial charge is 0.310 e. The van der Waals surface area contributed by atoms with E-state index in [-0.39, 0.29) is 0 Å². The Balaban J connectivity index is 1.72. The first kappa shape index (κ1) is 16.8. The number of aryl methyl sites for hydroxylation is 1. The molecule has 1 unspecified atom stereocenters. The highest BCUT2D eigenvalue weighted by atomic mass is 14.9. The summed E-state index contributed by atoms with van der Waals surface area (Å²) in [5.74, 6) is 0. The van der Waals surface area contributed by atoms with E-state index in [1.54, 1.807) is 0 Å². The van der Waals surface area contributed by atoms with Gasteiger partial charge in [-0.2, -0.15) is 0 Å². The van der Waals surface area contributed by atoms with Crippen molar-refractivity contribution in [1.29, 1.82) is 0 Å². The zero-order valence-electron chi connectivity index (χ0n) is 13.7. The van der Waals surface area contributed by atoms with Crippen molar-refractivity contribution in [3.05, 3.63) is 78.2 Å². The van der Waals surface area contributed by atoms with Gasteiger partial charge in [-0.3, -0.25) is 0 Å². The van der Waals surface area contributed by atoms with Crippen LogP contribution in [0.5, 0.6) is 0 Å². The fraction of sp³-hybridized carbons (Fsp3) is 0.381. The van der Waals surface area contributed by atoms with Gasteiger partial charge in [-0.05, 0) is 49.8 Å². The summed E-state index contributed by atoms with van der Waals surface area (Å²) in [6, 6.07) is 21.9. The molecule has 0 aliphatic carbocycles. The van der Waals surface area contributed by atoms with Gasteiger partial charge in [-0.15, -0.1) is 0 Å². The molecule has 0 fully saturated rings. The van der Waals surface area contributed by atoms with Crippen molar-refractivity contribution in [2.24, 2.45) is 0 Å². The van der Waals surface area contributed by atoms with E-state index in [9.17, 15) is 0 Å². The normalized spacial score (nSPS) is 12.2. The van der Waals surface area contributed by atoms with Crippen LogP contribution in [-0.2, 0) is 6.42 Å². The van der Waals surface area contributed by atoms with Crippen molar-refractivity contribution < 1.29 is 0 Å². The standard InChI is InChI=1S/C21H28N/c1-2-3-17-21(20-15-8-5-9-16-20)22-18-11-10-14-19-12-6-4-7-13-19/h4-9,12-13,15-17,21-22H,2-3,10-11,14,18H2,1H3. The Morgan fingerprint density at radius 1 is 0.909 bits per heavy atom. The minimum Gasteiger partial charge on any atom is -0.310 e. The molecule has 22 heavy (non-hydrogen) atoms. The van der Waals surface area contributed by atoms with Crippen LogP contribution in [0.15, 0.2) is 60.7 Å². The first-order chi connectivity index (χ1) is 10.9. The average Bonchev–Trinajstić information content (AvgIpc) is 2.59. The Morgan fingerprint density at radius 3 is 2.27 bits per heavy atom. The summed E-state index contributed by atoms with van der Waals surface area (Å²) >= 11 is 0. The highest BCUT2D eigenvalue weighted by Crippen LogP contribution is 2.18. The van der Waals surface area contributed by atoms with Crippen LogP contribution in [-0.4, -0.2) is 6.54 Å². The highest BCUT2D eigenvalue weighted by molar-refractivity contribution is 5.21. The quantitative estimate of drug-likeness (QED) is 0.583. The Labute approximate surface area is 135 Å². The van der Waals surface area contributed by atoms with Crippen molar-refractivity contribution in [3.63, 3.8) is 0 Å². The summed E-state index contributed by atoms with van der Waals surface area (Å²) in [6.45, 7) is 3.31. The summed E-state index contributed by atoms with van der Waals surface area (Å²) in [5, 5.41) is 3.70. The van der Waals surface area contributed by atoms with Crippen LogP contribution < -0.4 is 5.32 Å². The highest BCUT2D eigenvalue weighted by Gasteiger charge is 2.09. The van der Waals surface area contributed by atoms with Crippen molar-refractivity contribution >= 4 is 0 Å². The molecule has 0 aliphatic heterocycles. The van der Waals surface area contributed by atoms with Gasteiger partial charge in [-0.25, -0.2) is 0 Å². The molecule has 0 saturated heterocycles. The Morgan fingerprint density at radius 2 is 1.59 bits per heavy atom. The number of benzene rings is 2. The second kappa shape index (κ2) is 10.2. The van der Waals surface area contributed by atoms with E-state index in [1.165, 1.54) is 36.8 Å². The average molecular weight is 294 g/mol. The van der Waals surface area contributed by atoms with Gasteiger partial charge < -0.3 is 5.32 Å². The summed E-state index contributed by atoms with van der Waals surface area (Å²) < 4.78 is 0. The lowest BCUT2D eigenvalue weighted by Gasteiger charge is -2.19. The lowest BCUT2D eigenvalue weighted by atomic mass is 10.0. The van der Waals surface area contributed by atoms with Crippen molar-refractivity contribution in [1.82, 2.24) is 5.32 Å². The number of hydrogen-bond acceptors (Lipinski definition) is 1. The van der Waals surface area contributed by atoms with Crippen LogP contribution in [0.4, 0.5) is 0 Å². The summed E-state index contributed by atoms with van der Waals surface area (Å²) in [4.78, 5) is 0. The van der Waals surface area contributed by atoms with Gasteiger partial charge in [0.25, 0.3) is 0 Å². The van der Waals surface area contributed by atoms with Crippen LogP contribution in [0.2, 0.25) is 0 Å². The number of hydrogen-bond donors (Lipinski definition) is 1. The first-order valence-corrected chi connectivity index (χ1v) is 8.55. The molecule has 0 heterocycles. The molecule has 1 nitrogen and oxygen atoms in total. The Bertz CT molecular complexity index is 492. The van der Waals surface area contributed by atoms with Crippen LogP contribution in [0.1, 0.15) is 49.8 Å². The minimum absolute atomic E-state index is 0.387. The van der Waals surface area contributed by atoms with Crippen LogP contribution in [0.25, 0.3) is 0 Å². The number of rotatable bonds is 10. The maximum absolute atomic E-state index is 3.70. The fourth-order valence-electron chi connectivity index (χ4n) is 2.69. The van der Waals surface area contributed by atoms with Gasteiger partial charge in [0.15, 0.2) is 0 Å². The van der Waals surface area contributed by atoms with Gasteiger partial charge in [0.2, 0.25) is 0 Å². The smallest absolute Gasteiger partial charge is 0.0352 e. The Hall–Kier alpha value is -1.60. The van der Waals surface area contributed by atoms with E-state index in [0.717, 1.165) is 13.0 Å². The predicted octanol–water partition coefficient (Wildman–Crippen LogP) is 5.34. The molecule has 0 aromatic heterocycles. The topological polar surface area (TPSA) is 12.0 Å². The third-order valence-corrected chi connectivity index (χ3v) is 3.95. The molecular formula is C21H28N. The first-order valence-electron chi connectivity index (χ1n) is 8.55. The van der Waals surface area contributed by atoms with Crippen LogP contribution >= 0.6 is 0 Å². The zero-order valence-corrected chi connectivity index (χ0v) is 13.7. The number of unbranched alkanes of at least 4 members (excludes halogenated alkanes) is 2.